The van der Waals surface area contributed by atoms with Crippen LogP contribution in [0.2, 0.25) is 0 Å². The van der Waals surface area contributed by atoms with E-state index in [0.29, 0.717) is 17.4 Å². The monoisotopic (exact) mass is 255 g/mol. The quantitative estimate of drug-likeness (QED) is 0.803. The molecule has 0 bridgehead atoms. The van der Waals surface area contributed by atoms with Crippen LogP contribution in [0.15, 0.2) is 23.4 Å². The van der Waals surface area contributed by atoms with Crippen molar-refractivity contribution in [2.24, 2.45) is 5.92 Å². The second kappa shape index (κ2) is 4.12. The number of hydrogen-bond acceptors (Lipinski definition) is 3. The molecule has 0 saturated carbocycles. The standard InChI is InChI=1S/C11H17N3O2S/c15-17(16,10-3-4-12-7-10)14-5-1-2-9-6-13-8-11(9)14/h3-4,7,9,11-13H,1-2,5-6,8H2. The minimum absolute atomic E-state index is 0.142. The van der Waals surface area contributed by atoms with Crippen molar-refractivity contribution in [3.05, 3.63) is 18.5 Å². The Morgan fingerprint density at radius 1 is 1.35 bits per heavy atom. The number of hydrogen-bond donors (Lipinski definition) is 2. The van der Waals surface area contributed by atoms with E-state index in [1.54, 1.807) is 22.8 Å². The van der Waals surface area contributed by atoms with Gasteiger partial charge in [0, 0.05) is 31.5 Å². The number of nitrogens with one attached hydrogen (secondary N) is 2. The molecule has 2 aliphatic heterocycles. The van der Waals surface area contributed by atoms with Gasteiger partial charge in [0.2, 0.25) is 10.0 Å². The molecule has 1 aromatic heterocycles. The SMILES string of the molecule is O=S(=O)(c1cc[nH]c1)N1CCCC2CNCC21. The maximum Gasteiger partial charge on any atom is 0.244 e. The Morgan fingerprint density at radius 3 is 3.00 bits per heavy atom. The van der Waals surface area contributed by atoms with Crippen LogP contribution in [-0.4, -0.2) is 43.4 Å². The van der Waals surface area contributed by atoms with E-state index in [9.17, 15) is 8.42 Å². The molecule has 5 nitrogen and oxygen atoms in total. The van der Waals surface area contributed by atoms with Crippen molar-refractivity contribution in [1.29, 1.82) is 0 Å². The molecule has 6 heteroatoms. The summed E-state index contributed by atoms with van der Waals surface area (Å²) in [5, 5.41) is 3.30. The van der Waals surface area contributed by atoms with Crippen LogP contribution in [0, 0.1) is 5.92 Å². The van der Waals surface area contributed by atoms with E-state index in [-0.39, 0.29) is 6.04 Å². The molecule has 0 spiro atoms. The van der Waals surface area contributed by atoms with Crippen molar-refractivity contribution < 1.29 is 8.42 Å². The third-order valence-electron chi connectivity index (χ3n) is 3.80. The van der Waals surface area contributed by atoms with Crippen molar-refractivity contribution in [2.75, 3.05) is 19.6 Å². The van der Waals surface area contributed by atoms with Gasteiger partial charge in [-0.1, -0.05) is 0 Å². The van der Waals surface area contributed by atoms with Crippen LogP contribution in [0.4, 0.5) is 0 Å². The van der Waals surface area contributed by atoms with Crippen molar-refractivity contribution in [3.63, 3.8) is 0 Å². The molecule has 2 aliphatic rings. The maximum atomic E-state index is 12.5. The average molecular weight is 255 g/mol. The van der Waals surface area contributed by atoms with Gasteiger partial charge >= 0.3 is 0 Å². The predicted molar refractivity (Wildman–Crippen MR) is 64.1 cm³/mol. The Labute approximate surface area is 101 Å². The third kappa shape index (κ3) is 1.80. The zero-order valence-electron chi connectivity index (χ0n) is 9.59. The van der Waals surface area contributed by atoms with Crippen molar-refractivity contribution in [1.82, 2.24) is 14.6 Å². The molecule has 2 atom stereocenters. The molecule has 94 valence electrons. The highest BCUT2D eigenvalue weighted by molar-refractivity contribution is 7.89. The first-order valence-corrected chi connectivity index (χ1v) is 7.49. The Morgan fingerprint density at radius 2 is 2.24 bits per heavy atom. The van der Waals surface area contributed by atoms with Crippen LogP contribution in [-0.2, 0) is 10.0 Å². The molecule has 2 saturated heterocycles. The van der Waals surface area contributed by atoms with Crippen molar-refractivity contribution in [3.8, 4) is 0 Å². The highest BCUT2D eigenvalue weighted by atomic mass is 32.2. The number of fused-ring (bicyclic) bond motifs is 1. The van der Waals surface area contributed by atoms with Gasteiger partial charge in [-0.05, 0) is 31.4 Å². The van der Waals surface area contributed by atoms with E-state index in [4.69, 9.17) is 0 Å². The second-order valence-corrected chi connectivity index (χ2v) is 6.68. The molecule has 0 aromatic carbocycles. The summed E-state index contributed by atoms with van der Waals surface area (Å²) in [4.78, 5) is 3.19. The summed E-state index contributed by atoms with van der Waals surface area (Å²) in [7, 11) is -3.31. The van der Waals surface area contributed by atoms with Crippen molar-refractivity contribution >= 4 is 10.0 Å². The molecular formula is C11H17N3O2S. The number of H-pyrrole nitrogens is 1. The van der Waals surface area contributed by atoms with Gasteiger partial charge in [0.05, 0.1) is 4.90 Å². The van der Waals surface area contributed by atoms with E-state index >= 15 is 0 Å². The number of aromatic amines is 1. The maximum absolute atomic E-state index is 12.5. The minimum Gasteiger partial charge on any atom is -0.366 e. The van der Waals surface area contributed by atoms with Crippen LogP contribution in [0.5, 0.6) is 0 Å². The fourth-order valence-corrected chi connectivity index (χ4v) is 4.63. The first-order chi connectivity index (χ1) is 8.19. The zero-order chi connectivity index (χ0) is 11.9. The number of aromatic nitrogens is 1. The summed E-state index contributed by atoms with van der Waals surface area (Å²) in [5.41, 5.74) is 0. The molecule has 2 unspecified atom stereocenters. The first kappa shape index (κ1) is 11.3. The summed E-state index contributed by atoms with van der Waals surface area (Å²) in [5.74, 6) is 0.484. The lowest BCUT2D eigenvalue weighted by Crippen LogP contribution is -2.48. The van der Waals surface area contributed by atoms with E-state index < -0.39 is 10.0 Å². The smallest absolute Gasteiger partial charge is 0.244 e. The molecule has 0 radical (unpaired) electrons. The average Bonchev–Trinajstić information content (AvgIpc) is 2.99. The Balaban J connectivity index is 1.93. The van der Waals surface area contributed by atoms with Gasteiger partial charge in [-0.15, -0.1) is 0 Å². The molecule has 2 N–H and O–H groups in total. The van der Waals surface area contributed by atoms with E-state index in [1.807, 2.05) is 0 Å². The summed E-state index contributed by atoms with van der Waals surface area (Å²) >= 11 is 0. The zero-order valence-corrected chi connectivity index (χ0v) is 10.4. The van der Waals surface area contributed by atoms with Gasteiger partial charge < -0.3 is 10.3 Å². The number of nitrogens with zero attached hydrogens (tertiary/aromatic N) is 1. The van der Waals surface area contributed by atoms with Gasteiger partial charge in [-0.25, -0.2) is 8.42 Å². The highest BCUT2D eigenvalue weighted by Crippen LogP contribution is 2.30. The van der Waals surface area contributed by atoms with Gasteiger partial charge in [0.15, 0.2) is 0 Å². The van der Waals surface area contributed by atoms with Crippen LogP contribution < -0.4 is 5.32 Å². The summed E-state index contributed by atoms with van der Waals surface area (Å²) in [6, 6.07) is 1.77. The molecule has 0 aliphatic carbocycles. The third-order valence-corrected chi connectivity index (χ3v) is 5.72. The van der Waals surface area contributed by atoms with Gasteiger partial charge in [-0.3, -0.25) is 0 Å². The molecule has 3 rings (SSSR count). The minimum atomic E-state index is -3.31. The molecule has 17 heavy (non-hydrogen) atoms. The lowest BCUT2D eigenvalue weighted by atomic mass is 9.94. The van der Waals surface area contributed by atoms with E-state index in [2.05, 4.69) is 10.3 Å². The first-order valence-electron chi connectivity index (χ1n) is 6.05. The normalized spacial score (nSPS) is 30.4. The Kier molecular flexibility index (Phi) is 2.72. The summed E-state index contributed by atoms with van der Waals surface area (Å²) in [6.45, 7) is 2.38. The summed E-state index contributed by atoms with van der Waals surface area (Å²) < 4.78 is 26.6. The van der Waals surface area contributed by atoms with Gasteiger partial charge in [-0.2, -0.15) is 4.31 Å². The van der Waals surface area contributed by atoms with Crippen LogP contribution in [0.1, 0.15) is 12.8 Å². The second-order valence-electron chi connectivity index (χ2n) is 4.79. The Bertz CT molecular complexity index is 483. The lowest BCUT2D eigenvalue weighted by molar-refractivity contribution is 0.217. The van der Waals surface area contributed by atoms with Crippen LogP contribution >= 0.6 is 0 Å². The molecule has 0 amide bonds. The Hall–Kier alpha value is -0.850. The fourth-order valence-electron chi connectivity index (χ4n) is 2.93. The van der Waals surface area contributed by atoms with E-state index in [1.165, 1.54) is 0 Å². The number of rotatable bonds is 2. The topological polar surface area (TPSA) is 65.2 Å². The largest absolute Gasteiger partial charge is 0.366 e. The highest BCUT2D eigenvalue weighted by Gasteiger charge is 2.41. The molecule has 3 heterocycles. The fraction of sp³-hybridized carbons (Fsp3) is 0.636. The molecule has 1 aromatic rings. The predicted octanol–water partition coefficient (Wildman–Crippen LogP) is 0.387. The summed E-state index contributed by atoms with van der Waals surface area (Å²) in [6.07, 6.45) is 5.31. The van der Waals surface area contributed by atoms with Crippen molar-refractivity contribution in [2.45, 2.75) is 23.8 Å². The van der Waals surface area contributed by atoms with E-state index in [0.717, 1.165) is 25.9 Å². The van der Waals surface area contributed by atoms with Crippen LogP contribution in [0.3, 0.4) is 0 Å². The number of sulfonamides is 1. The van der Waals surface area contributed by atoms with Gasteiger partial charge in [0.1, 0.15) is 0 Å². The number of piperidine rings is 1. The molecular weight excluding hydrogens is 238 g/mol. The lowest BCUT2D eigenvalue weighted by Gasteiger charge is -2.35. The van der Waals surface area contributed by atoms with Gasteiger partial charge in [0.25, 0.3) is 0 Å². The van der Waals surface area contributed by atoms with Crippen LogP contribution in [0.25, 0.3) is 0 Å². The molecule has 2 fully saturated rings.